The van der Waals surface area contributed by atoms with E-state index in [4.69, 9.17) is 4.52 Å². The normalized spacial score (nSPS) is 11.5. The zero-order valence-electron chi connectivity index (χ0n) is 15.9. The monoisotopic (exact) mass is 392 g/mol. The molecule has 7 heteroatoms. The van der Waals surface area contributed by atoms with Gasteiger partial charge in [0.05, 0.1) is 12.4 Å². The number of nitrogens with one attached hydrogen (secondary N) is 1. The molecular weight excluding hydrogens is 376 g/mol. The second-order valence-electron chi connectivity index (χ2n) is 7.11. The van der Waals surface area contributed by atoms with E-state index in [-0.39, 0.29) is 0 Å². The van der Waals surface area contributed by atoms with E-state index in [0.717, 1.165) is 44.9 Å². The maximum Gasteiger partial charge on any atom is 0.160 e. The number of aromatic nitrogens is 6. The van der Waals surface area contributed by atoms with Crippen molar-refractivity contribution >= 4 is 10.9 Å². The fourth-order valence-electron chi connectivity index (χ4n) is 3.56. The Labute approximate surface area is 171 Å². The lowest BCUT2D eigenvalue weighted by atomic mass is 10.1. The van der Waals surface area contributed by atoms with E-state index in [1.54, 1.807) is 10.9 Å². The van der Waals surface area contributed by atoms with Crippen LogP contribution in [-0.4, -0.2) is 29.9 Å². The van der Waals surface area contributed by atoms with Crippen LogP contribution in [0.3, 0.4) is 0 Å². The number of hydrogen-bond donors (Lipinski definition) is 1. The van der Waals surface area contributed by atoms with Crippen LogP contribution in [-0.2, 0) is 6.54 Å². The van der Waals surface area contributed by atoms with Crippen molar-refractivity contribution in [3.8, 4) is 34.0 Å². The molecule has 1 N–H and O–H groups in total. The van der Waals surface area contributed by atoms with E-state index in [9.17, 15) is 0 Å². The predicted octanol–water partition coefficient (Wildman–Crippen LogP) is 4.63. The predicted molar refractivity (Wildman–Crippen MR) is 113 cm³/mol. The lowest BCUT2D eigenvalue weighted by Crippen LogP contribution is -2.04. The zero-order valence-corrected chi connectivity index (χ0v) is 15.9. The molecule has 0 spiro atoms. The molecule has 0 saturated heterocycles. The van der Waals surface area contributed by atoms with Gasteiger partial charge in [-0.1, -0.05) is 41.6 Å². The van der Waals surface area contributed by atoms with Crippen molar-refractivity contribution in [3.05, 3.63) is 85.0 Å². The fraction of sp³-hybridized carbons (Fsp3) is 0.0435. The minimum absolute atomic E-state index is 0.461. The Kier molecular flexibility index (Phi) is 3.70. The molecule has 6 rings (SSSR count). The zero-order chi connectivity index (χ0) is 19.9. The Balaban J connectivity index is 1.27. The van der Waals surface area contributed by atoms with Gasteiger partial charge in [0.15, 0.2) is 11.6 Å². The number of fused-ring (bicyclic) bond motifs is 2. The Morgan fingerprint density at radius 3 is 2.70 bits per heavy atom. The average molecular weight is 392 g/mol. The Hall–Kier alpha value is -4.26. The van der Waals surface area contributed by atoms with Crippen LogP contribution in [0.2, 0.25) is 0 Å². The van der Waals surface area contributed by atoms with Gasteiger partial charge in [0.1, 0.15) is 23.6 Å². The van der Waals surface area contributed by atoms with Gasteiger partial charge in [-0.3, -0.25) is 4.68 Å². The van der Waals surface area contributed by atoms with Gasteiger partial charge in [0.2, 0.25) is 0 Å². The van der Waals surface area contributed by atoms with Crippen molar-refractivity contribution in [1.82, 2.24) is 29.9 Å². The van der Waals surface area contributed by atoms with Gasteiger partial charge in [-0.15, -0.1) is 0 Å². The highest BCUT2D eigenvalue weighted by molar-refractivity contribution is 5.84. The minimum Gasteiger partial charge on any atom is -0.361 e. The summed E-state index contributed by atoms with van der Waals surface area (Å²) in [5.74, 6) is 1.42. The van der Waals surface area contributed by atoms with Gasteiger partial charge in [-0.2, -0.15) is 5.10 Å². The van der Waals surface area contributed by atoms with Gasteiger partial charge < -0.3 is 9.51 Å². The number of benzene rings is 2. The van der Waals surface area contributed by atoms with Crippen LogP contribution < -0.4 is 0 Å². The molecule has 0 fully saturated rings. The molecular formula is C23H16N6O. The molecule has 2 aromatic carbocycles. The van der Waals surface area contributed by atoms with E-state index in [0.29, 0.717) is 12.4 Å². The first-order chi connectivity index (χ1) is 14.8. The van der Waals surface area contributed by atoms with E-state index in [2.05, 4.69) is 31.3 Å². The number of rotatable bonds is 4. The standard InChI is InChI=1S/C23H16N6O/c1-2-4-15(5-3-1)23-26-21-12-25-29(14-22(21)27-23)13-18-11-20(28-30-18)16-6-7-19-17(10-16)8-9-24-19/h1-12,14,24H,13H2. The SMILES string of the molecule is c1ccc(-c2nc3cnn(Cc4cc(-c5ccc6[nH]ccc6c5)no4)cc-3n2)cc1. The summed E-state index contributed by atoms with van der Waals surface area (Å²) in [6.45, 7) is 0.461. The first-order valence-electron chi connectivity index (χ1n) is 9.61. The van der Waals surface area contributed by atoms with Gasteiger partial charge in [0.25, 0.3) is 0 Å². The number of H-pyrrole nitrogens is 1. The minimum atomic E-state index is 0.461. The van der Waals surface area contributed by atoms with Crippen LogP contribution in [0, 0.1) is 0 Å². The number of imidazole rings is 1. The van der Waals surface area contributed by atoms with Crippen LogP contribution in [0.4, 0.5) is 0 Å². The third kappa shape index (κ3) is 2.93. The quantitative estimate of drug-likeness (QED) is 0.473. The Morgan fingerprint density at radius 2 is 1.77 bits per heavy atom. The topological polar surface area (TPSA) is 85.4 Å². The maximum atomic E-state index is 5.55. The molecule has 30 heavy (non-hydrogen) atoms. The summed E-state index contributed by atoms with van der Waals surface area (Å²) in [5.41, 5.74) is 5.46. The third-order valence-electron chi connectivity index (χ3n) is 5.07. The fourth-order valence-corrected chi connectivity index (χ4v) is 3.56. The number of aromatic amines is 1. The van der Waals surface area contributed by atoms with Crippen molar-refractivity contribution in [2.24, 2.45) is 0 Å². The second-order valence-corrected chi connectivity index (χ2v) is 7.11. The van der Waals surface area contributed by atoms with Crippen LogP contribution in [0.1, 0.15) is 5.76 Å². The van der Waals surface area contributed by atoms with Crippen molar-refractivity contribution < 1.29 is 4.52 Å². The largest absolute Gasteiger partial charge is 0.361 e. The molecule has 0 unspecified atom stereocenters. The van der Waals surface area contributed by atoms with E-state index < -0.39 is 0 Å². The number of hydrogen-bond acceptors (Lipinski definition) is 5. The van der Waals surface area contributed by atoms with Gasteiger partial charge >= 0.3 is 0 Å². The molecule has 0 atom stereocenters. The molecule has 0 saturated carbocycles. The highest BCUT2D eigenvalue weighted by Gasteiger charge is 2.14. The average Bonchev–Trinajstić information content (AvgIpc) is 3.53. The molecule has 0 radical (unpaired) electrons. The van der Waals surface area contributed by atoms with Crippen molar-refractivity contribution in [2.75, 3.05) is 0 Å². The summed E-state index contributed by atoms with van der Waals surface area (Å²) in [6.07, 6.45) is 5.53. The lowest BCUT2D eigenvalue weighted by molar-refractivity contribution is 0.372. The summed E-state index contributed by atoms with van der Waals surface area (Å²) >= 11 is 0. The first kappa shape index (κ1) is 16.7. The molecule has 2 aliphatic rings. The van der Waals surface area contributed by atoms with Crippen LogP contribution >= 0.6 is 0 Å². The van der Waals surface area contributed by atoms with Gasteiger partial charge in [0, 0.05) is 34.3 Å². The van der Waals surface area contributed by atoms with Gasteiger partial charge in [-0.05, 0) is 18.2 Å². The summed E-state index contributed by atoms with van der Waals surface area (Å²) in [4.78, 5) is 12.4. The molecule has 0 bridgehead atoms. The van der Waals surface area contributed by atoms with E-state index in [1.165, 1.54) is 0 Å². The van der Waals surface area contributed by atoms with Gasteiger partial charge in [-0.25, -0.2) is 9.97 Å². The Morgan fingerprint density at radius 1 is 0.867 bits per heavy atom. The molecule has 2 aliphatic heterocycles. The lowest BCUT2D eigenvalue weighted by Gasteiger charge is -2.03. The summed E-state index contributed by atoms with van der Waals surface area (Å²) in [5, 5.41) is 9.81. The third-order valence-corrected chi connectivity index (χ3v) is 5.07. The van der Waals surface area contributed by atoms with Crippen LogP contribution in [0.15, 0.2) is 83.8 Å². The molecule has 4 aromatic rings. The van der Waals surface area contributed by atoms with Crippen molar-refractivity contribution in [3.63, 3.8) is 0 Å². The molecule has 2 aromatic heterocycles. The smallest absolute Gasteiger partial charge is 0.160 e. The Bertz CT molecular complexity index is 1430. The summed E-state index contributed by atoms with van der Waals surface area (Å²) in [7, 11) is 0. The second kappa shape index (κ2) is 6.66. The highest BCUT2D eigenvalue weighted by Crippen LogP contribution is 2.25. The summed E-state index contributed by atoms with van der Waals surface area (Å²) < 4.78 is 7.33. The molecule has 0 aliphatic carbocycles. The maximum absolute atomic E-state index is 5.55. The van der Waals surface area contributed by atoms with Crippen LogP contribution in [0.5, 0.6) is 0 Å². The van der Waals surface area contributed by atoms with E-state index in [1.807, 2.05) is 67.0 Å². The molecule has 0 amide bonds. The van der Waals surface area contributed by atoms with Crippen molar-refractivity contribution in [1.29, 1.82) is 0 Å². The van der Waals surface area contributed by atoms with Crippen molar-refractivity contribution in [2.45, 2.75) is 6.54 Å². The molecule has 7 nitrogen and oxygen atoms in total. The van der Waals surface area contributed by atoms with E-state index >= 15 is 0 Å². The number of nitrogens with zero attached hydrogens (tertiary/aromatic N) is 5. The van der Waals surface area contributed by atoms with Crippen LogP contribution in [0.25, 0.3) is 44.9 Å². The molecule has 4 heterocycles. The highest BCUT2D eigenvalue weighted by atomic mass is 16.5. The first-order valence-corrected chi connectivity index (χ1v) is 9.61. The summed E-state index contributed by atoms with van der Waals surface area (Å²) in [6, 6.07) is 20.1. The molecule has 144 valence electrons.